The molecule has 0 atom stereocenters. The molecule has 1 aliphatic heterocycles. The van der Waals surface area contributed by atoms with Gasteiger partial charge in [-0.15, -0.1) is 0 Å². The van der Waals surface area contributed by atoms with Crippen molar-refractivity contribution in [3.63, 3.8) is 0 Å². The molecule has 1 amide bonds. The van der Waals surface area contributed by atoms with Gasteiger partial charge in [-0.2, -0.15) is 9.78 Å². The summed E-state index contributed by atoms with van der Waals surface area (Å²) in [5, 5.41) is 11.1. The second kappa shape index (κ2) is 9.54. The van der Waals surface area contributed by atoms with Crippen LogP contribution >= 0.6 is 11.6 Å². The van der Waals surface area contributed by atoms with E-state index < -0.39 is 0 Å². The quantitative estimate of drug-likeness (QED) is 0.609. The zero-order valence-electron chi connectivity index (χ0n) is 18.0. The van der Waals surface area contributed by atoms with Crippen molar-refractivity contribution in [2.24, 2.45) is 0 Å². The van der Waals surface area contributed by atoms with E-state index in [4.69, 9.17) is 16.1 Å². The lowest BCUT2D eigenvalue weighted by atomic mass is 10.1. The molecule has 0 unspecified atom stereocenters. The molecule has 3 aromatic rings. The number of carbonyl (C=O) groups excluding carboxylic acids is 1. The van der Waals surface area contributed by atoms with Gasteiger partial charge in [-0.1, -0.05) is 48.8 Å². The first kappa shape index (κ1) is 22.0. The van der Waals surface area contributed by atoms with Gasteiger partial charge >= 0.3 is 0 Å². The number of amides is 1. The Morgan fingerprint density at radius 1 is 1.19 bits per heavy atom. The van der Waals surface area contributed by atoms with Crippen LogP contribution in [0.5, 0.6) is 0 Å². The Morgan fingerprint density at radius 3 is 2.56 bits per heavy atom. The molecule has 1 N–H and O–H groups in total. The fraction of sp³-hybridized carbons (Fsp3) is 0.364. The number of nitrogens with zero attached hydrogens (tertiary/aromatic N) is 5. The molecule has 2 aromatic heterocycles. The molecule has 1 fully saturated rings. The first-order chi connectivity index (χ1) is 15.4. The van der Waals surface area contributed by atoms with E-state index in [9.17, 15) is 9.59 Å². The van der Waals surface area contributed by atoms with Crippen LogP contribution in [0.2, 0.25) is 5.02 Å². The van der Waals surface area contributed by atoms with Gasteiger partial charge in [0.15, 0.2) is 0 Å². The summed E-state index contributed by atoms with van der Waals surface area (Å²) in [6.07, 6.45) is 1.62. The van der Waals surface area contributed by atoms with E-state index in [0.717, 1.165) is 5.69 Å². The monoisotopic (exact) mass is 456 g/mol. The van der Waals surface area contributed by atoms with E-state index in [2.05, 4.69) is 15.6 Å². The number of aromatic nitrogens is 3. The smallest absolute Gasteiger partial charge is 0.292 e. The van der Waals surface area contributed by atoms with Crippen LogP contribution in [-0.4, -0.2) is 58.5 Å². The Kier molecular flexibility index (Phi) is 6.57. The van der Waals surface area contributed by atoms with Gasteiger partial charge in [0.1, 0.15) is 5.02 Å². The van der Waals surface area contributed by atoms with E-state index >= 15 is 0 Å². The average molecular weight is 457 g/mol. The van der Waals surface area contributed by atoms with Crippen molar-refractivity contribution in [1.29, 1.82) is 0 Å². The minimum absolute atomic E-state index is 0.140. The molecule has 0 aliphatic carbocycles. The van der Waals surface area contributed by atoms with Crippen LogP contribution < -0.4 is 15.8 Å². The third-order valence-electron chi connectivity index (χ3n) is 5.36. The van der Waals surface area contributed by atoms with Crippen molar-refractivity contribution >= 4 is 29.1 Å². The number of hydrogen-bond acceptors (Lipinski definition) is 7. The lowest BCUT2D eigenvalue weighted by Crippen LogP contribution is -2.49. The SMILES string of the molecule is CC(C)c1cc(NC(=O)CN2CCN(c3cnn(-c4ccccc4)c(=O)c3Cl)CC2)on1. The summed E-state index contributed by atoms with van der Waals surface area (Å²) in [5.74, 6) is 0.429. The summed E-state index contributed by atoms with van der Waals surface area (Å²) < 4.78 is 6.46. The van der Waals surface area contributed by atoms with Crippen molar-refractivity contribution in [3.05, 3.63) is 63.7 Å². The summed E-state index contributed by atoms with van der Waals surface area (Å²) in [5.41, 5.74) is 1.71. The number of hydrogen-bond donors (Lipinski definition) is 1. The summed E-state index contributed by atoms with van der Waals surface area (Å²) in [7, 11) is 0. The van der Waals surface area contributed by atoms with E-state index in [1.165, 1.54) is 4.68 Å². The van der Waals surface area contributed by atoms with Gasteiger partial charge < -0.3 is 9.42 Å². The minimum Gasteiger partial charge on any atom is -0.366 e. The summed E-state index contributed by atoms with van der Waals surface area (Å²) in [6.45, 7) is 6.82. The second-order valence-corrected chi connectivity index (χ2v) is 8.36. The van der Waals surface area contributed by atoms with Crippen molar-refractivity contribution in [2.75, 3.05) is 42.9 Å². The van der Waals surface area contributed by atoms with Crippen LogP contribution in [0.1, 0.15) is 25.5 Å². The average Bonchev–Trinajstić information content (AvgIpc) is 3.25. The van der Waals surface area contributed by atoms with Crippen LogP contribution in [0.25, 0.3) is 5.69 Å². The number of halogens is 1. The largest absolute Gasteiger partial charge is 0.366 e. The Morgan fingerprint density at radius 2 is 1.91 bits per heavy atom. The fourth-order valence-electron chi connectivity index (χ4n) is 3.54. The molecular formula is C22H25ClN6O3. The predicted molar refractivity (Wildman–Crippen MR) is 123 cm³/mol. The Labute approximate surface area is 190 Å². The van der Waals surface area contributed by atoms with E-state index in [1.807, 2.05) is 41.8 Å². The highest BCUT2D eigenvalue weighted by Gasteiger charge is 2.23. The number of anilines is 2. The normalized spacial score (nSPS) is 14.7. The molecule has 9 nitrogen and oxygen atoms in total. The molecule has 0 radical (unpaired) electrons. The molecule has 32 heavy (non-hydrogen) atoms. The van der Waals surface area contributed by atoms with Crippen molar-refractivity contribution in [3.8, 4) is 5.69 Å². The van der Waals surface area contributed by atoms with Crippen LogP contribution in [0.3, 0.4) is 0 Å². The molecule has 1 aliphatic rings. The molecule has 10 heteroatoms. The highest BCUT2D eigenvalue weighted by molar-refractivity contribution is 6.33. The fourth-order valence-corrected chi connectivity index (χ4v) is 3.79. The van der Waals surface area contributed by atoms with Crippen LogP contribution in [0.15, 0.2) is 51.9 Å². The maximum atomic E-state index is 12.7. The molecule has 0 saturated carbocycles. The van der Waals surface area contributed by atoms with Crippen molar-refractivity contribution in [2.45, 2.75) is 19.8 Å². The van der Waals surface area contributed by atoms with Gasteiger partial charge in [0, 0.05) is 32.2 Å². The number of piperazine rings is 1. The third-order valence-corrected chi connectivity index (χ3v) is 5.72. The van der Waals surface area contributed by atoms with Crippen molar-refractivity contribution < 1.29 is 9.32 Å². The molecule has 1 saturated heterocycles. The van der Waals surface area contributed by atoms with Gasteiger partial charge in [0.2, 0.25) is 11.8 Å². The van der Waals surface area contributed by atoms with Gasteiger partial charge in [-0.25, -0.2) is 0 Å². The molecular weight excluding hydrogens is 432 g/mol. The third kappa shape index (κ3) is 4.84. The summed E-state index contributed by atoms with van der Waals surface area (Å²) in [4.78, 5) is 29.1. The second-order valence-electron chi connectivity index (χ2n) is 7.98. The number of nitrogens with one attached hydrogen (secondary N) is 1. The minimum atomic E-state index is -0.356. The zero-order chi connectivity index (χ0) is 22.7. The topological polar surface area (TPSA) is 96.5 Å². The van der Waals surface area contributed by atoms with Crippen LogP contribution in [-0.2, 0) is 4.79 Å². The number of benzene rings is 1. The lowest BCUT2D eigenvalue weighted by Gasteiger charge is -2.35. The molecule has 4 rings (SSSR count). The summed E-state index contributed by atoms with van der Waals surface area (Å²) >= 11 is 6.41. The van der Waals surface area contributed by atoms with Gasteiger partial charge in [-0.3, -0.25) is 19.8 Å². The van der Waals surface area contributed by atoms with Crippen molar-refractivity contribution in [1.82, 2.24) is 19.8 Å². The maximum absolute atomic E-state index is 12.7. The lowest BCUT2D eigenvalue weighted by molar-refractivity contribution is -0.117. The maximum Gasteiger partial charge on any atom is 0.292 e. The highest BCUT2D eigenvalue weighted by Crippen LogP contribution is 2.23. The highest BCUT2D eigenvalue weighted by atomic mass is 35.5. The van der Waals surface area contributed by atoms with Crippen LogP contribution in [0.4, 0.5) is 11.6 Å². The van der Waals surface area contributed by atoms with E-state index in [-0.39, 0.29) is 29.0 Å². The Hall–Kier alpha value is -3.17. The number of carbonyl (C=O) groups is 1. The first-order valence-corrected chi connectivity index (χ1v) is 10.9. The van der Waals surface area contributed by atoms with Gasteiger partial charge in [0.25, 0.3) is 5.56 Å². The first-order valence-electron chi connectivity index (χ1n) is 10.5. The molecule has 3 heterocycles. The number of rotatable bonds is 6. The molecule has 0 spiro atoms. The Balaban J connectivity index is 1.35. The van der Waals surface area contributed by atoms with Crippen LogP contribution in [0, 0.1) is 0 Å². The standard InChI is InChI=1S/C22H25ClN6O3/c1-15(2)17-12-20(32-26-17)25-19(30)14-27-8-10-28(11-9-27)18-13-24-29(22(31)21(18)23)16-6-4-3-5-7-16/h3-7,12-13,15H,8-11,14H2,1-2H3,(H,25,30). The van der Waals surface area contributed by atoms with Gasteiger partial charge in [-0.05, 0) is 18.1 Å². The molecule has 0 bridgehead atoms. The zero-order valence-corrected chi connectivity index (χ0v) is 18.7. The molecule has 1 aromatic carbocycles. The molecule has 168 valence electrons. The van der Waals surface area contributed by atoms with Gasteiger partial charge in [0.05, 0.1) is 29.8 Å². The van der Waals surface area contributed by atoms with E-state index in [0.29, 0.717) is 43.4 Å². The predicted octanol–water partition coefficient (Wildman–Crippen LogP) is 2.76. The Bertz CT molecular complexity index is 1140. The number of para-hydroxylation sites is 1. The summed E-state index contributed by atoms with van der Waals surface area (Å²) in [6, 6.07) is 10.9. The van der Waals surface area contributed by atoms with E-state index in [1.54, 1.807) is 24.4 Å².